The van der Waals surface area contributed by atoms with Crippen LogP contribution in [0.3, 0.4) is 0 Å². The van der Waals surface area contributed by atoms with Gasteiger partial charge in [0.1, 0.15) is 28.1 Å². The van der Waals surface area contributed by atoms with Crippen molar-refractivity contribution in [1.82, 2.24) is 9.78 Å². The van der Waals surface area contributed by atoms with E-state index in [0.717, 1.165) is 21.0 Å². The van der Waals surface area contributed by atoms with Crippen molar-refractivity contribution in [3.8, 4) is 17.3 Å². The van der Waals surface area contributed by atoms with Crippen molar-refractivity contribution in [2.45, 2.75) is 9.92 Å². The highest BCUT2D eigenvalue weighted by Crippen LogP contribution is 2.38. The van der Waals surface area contributed by atoms with Crippen LogP contribution >= 0.6 is 11.8 Å². The molecule has 0 atom stereocenters. The van der Waals surface area contributed by atoms with Crippen LogP contribution in [0.15, 0.2) is 71.1 Å². The molecule has 0 aliphatic carbocycles. The van der Waals surface area contributed by atoms with Crippen molar-refractivity contribution in [2.24, 2.45) is 7.05 Å². The highest BCUT2D eigenvalue weighted by Gasteiger charge is 2.20. The number of benzene rings is 2. The number of aryl methyl sites for hydroxylation is 1. The van der Waals surface area contributed by atoms with Gasteiger partial charge in [0.25, 0.3) is 0 Å². The molecule has 0 saturated carbocycles. The van der Waals surface area contributed by atoms with E-state index in [9.17, 15) is 5.26 Å². The zero-order chi connectivity index (χ0) is 17.8. The van der Waals surface area contributed by atoms with Crippen LogP contribution in [0.1, 0.15) is 11.1 Å². The Hall–Kier alpha value is -2.97. The summed E-state index contributed by atoms with van der Waals surface area (Å²) in [5, 5.41) is 15.1. The van der Waals surface area contributed by atoms with Crippen LogP contribution < -0.4 is 0 Å². The summed E-state index contributed by atoms with van der Waals surface area (Å²) in [5.41, 5.74) is 3.09. The minimum absolute atomic E-state index is 0.566. The molecule has 0 N–H and O–H groups in total. The number of aromatic nitrogens is 2. The van der Waals surface area contributed by atoms with E-state index in [1.807, 2.05) is 61.6 Å². The standard InChI is InChI=1S/C20H17N3OS/c1-14(24-3)16-11-7-8-12-18(16)25-20-17(13-21)19(22-23(20)2)15-9-5-4-6-10-15/h4-12H,1H2,2-3H3. The number of hydrogen-bond donors (Lipinski definition) is 0. The second-order valence-corrected chi connectivity index (χ2v) is 6.39. The topological polar surface area (TPSA) is 50.8 Å². The number of hydrogen-bond acceptors (Lipinski definition) is 4. The quantitative estimate of drug-likeness (QED) is 0.626. The molecule has 5 heteroatoms. The molecule has 25 heavy (non-hydrogen) atoms. The first-order chi connectivity index (χ1) is 12.2. The van der Waals surface area contributed by atoms with Gasteiger partial charge in [-0.15, -0.1) is 0 Å². The van der Waals surface area contributed by atoms with E-state index in [-0.39, 0.29) is 0 Å². The summed E-state index contributed by atoms with van der Waals surface area (Å²) < 4.78 is 7.03. The van der Waals surface area contributed by atoms with Gasteiger partial charge in [0.2, 0.25) is 0 Å². The first-order valence-electron chi connectivity index (χ1n) is 7.68. The SMILES string of the molecule is C=C(OC)c1ccccc1Sc1c(C#N)c(-c2ccccc2)nn1C. The molecule has 124 valence electrons. The fraction of sp³-hybridized carbons (Fsp3) is 0.100. The molecule has 0 bridgehead atoms. The van der Waals surface area contributed by atoms with Gasteiger partial charge in [-0.3, -0.25) is 4.68 Å². The third-order valence-electron chi connectivity index (χ3n) is 3.79. The maximum Gasteiger partial charge on any atom is 0.120 e. The van der Waals surface area contributed by atoms with E-state index in [4.69, 9.17) is 4.74 Å². The Morgan fingerprint density at radius 3 is 2.52 bits per heavy atom. The van der Waals surface area contributed by atoms with Crippen molar-refractivity contribution in [2.75, 3.05) is 7.11 Å². The lowest BCUT2D eigenvalue weighted by Gasteiger charge is -2.10. The largest absolute Gasteiger partial charge is 0.497 e. The van der Waals surface area contributed by atoms with Gasteiger partial charge in [0.15, 0.2) is 0 Å². The normalized spacial score (nSPS) is 10.3. The lowest BCUT2D eigenvalue weighted by Crippen LogP contribution is -1.94. The van der Waals surface area contributed by atoms with Crippen LogP contribution in [-0.2, 0) is 11.8 Å². The highest BCUT2D eigenvalue weighted by molar-refractivity contribution is 7.99. The van der Waals surface area contributed by atoms with Crippen molar-refractivity contribution < 1.29 is 4.74 Å². The summed E-state index contributed by atoms with van der Waals surface area (Å²) in [7, 11) is 3.45. The van der Waals surface area contributed by atoms with Gasteiger partial charge >= 0.3 is 0 Å². The fourth-order valence-corrected chi connectivity index (χ4v) is 3.59. The molecule has 0 unspecified atom stereocenters. The molecule has 0 fully saturated rings. The summed E-state index contributed by atoms with van der Waals surface area (Å²) in [6, 6.07) is 19.9. The maximum absolute atomic E-state index is 9.72. The molecule has 0 saturated heterocycles. The molecule has 1 aromatic heterocycles. The molecule has 0 amide bonds. The molecule has 3 aromatic rings. The molecule has 0 aliphatic heterocycles. The summed E-state index contributed by atoms with van der Waals surface area (Å²) in [6.45, 7) is 3.94. The van der Waals surface area contributed by atoms with E-state index >= 15 is 0 Å². The Morgan fingerprint density at radius 2 is 1.84 bits per heavy atom. The van der Waals surface area contributed by atoms with Gasteiger partial charge < -0.3 is 4.74 Å². The van der Waals surface area contributed by atoms with Crippen LogP contribution in [0, 0.1) is 11.3 Å². The third-order valence-corrected chi connectivity index (χ3v) is 5.03. The molecular formula is C20H17N3OS. The Morgan fingerprint density at radius 1 is 1.16 bits per heavy atom. The van der Waals surface area contributed by atoms with Crippen LogP contribution in [0.25, 0.3) is 17.0 Å². The average molecular weight is 347 g/mol. The van der Waals surface area contributed by atoms with Crippen molar-refractivity contribution in [3.63, 3.8) is 0 Å². The van der Waals surface area contributed by atoms with Gasteiger partial charge in [-0.2, -0.15) is 10.4 Å². The number of methoxy groups -OCH3 is 1. The Labute approximate surface area is 151 Å². The van der Waals surface area contributed by atoms with E-state index in [0.29, 0.717) is 17.0 Å². The summed E-state index contributed by atoms with van der Waals surface area (Å²) in [6.07, 6.45) is 0. The van der Waals surface area contributed by atoms with E-state index in [2.05, 4.69) is 17.7 Å². The predicted molar refractivity (Wildman–Crippen MR) is 100.0 cm³/mol. The maximum atomic E-state index is 9.72. The third kappa shape index (κ3) is 3.30. The first-order valence-corrected chi connectivity index (χ1v) is 8.50. The lowest BCUT2D eigenvalue weighted by atomic mass is 10.1. The second-order valence-electron chi connectivity index (χ2n) is 5.36. The summed E-state index contributed by atoms with van der Waals surface area (Å²) >= 11 is 1.49. The number of rotatable bonds is 5. The molecular weight excluding hydrogens is 330 g/mol. The second kappa shape index (κ2) is 7.29. The van der Waals surface area contributed by atoms with Gasteiger partial charge in [0.05, 0.1) is 7.11 Å². The average Bonchev–Trinajstić information content (AvgIpc) is 2.98. The summed E-state index contributed by atoms with van der Waals surface area (Å²) in [5.74, 6) is 0.590. The highest BCUT2D eigenvalue weighted by atomic mass is 32.2. The Kier molecular flexibility index (Phi) is 4.92. The zero-order valence-corrected chi connectivity index (χ0v) is 14.9. The van der Waals surface area contributed by atoms with Crippen molar-refractivity contribution in [3.05, 3.63) is 72.3 Å². The van der Waals surface area contributed by atoms with E-state index in [1.54, 1.807) is 11.8 Å². The van der Waals surface area contributed by atoms with Gasteiger partial charge in [-0.25, -0.2) is 0 Å². The number of nitrogens with zero attached hydrogens (tertiary/aromatic N) is 3. The smallest absolute Gasteiger partial charge is 0.120 e. The van der Waals surface area contributed by atoms with Gasteiger partial charge in [0, 0.05) is 23.1 Å². The fourth-order valence-electron chi connectivity index (χ4n) is 2.52. The zero-order valence-electron chi connectivity index (χ0n) is 14.1. The van der Waals surface area contributed by atoms with Gasteiger partial charge in [-0.1, -0.05) is 66.9 Å². The minimum Gasteiger partial charge on any atom is -0.497 e. The monoisotopic (exact) mass is 347 g/mol. The van der Waals surface area contributed by atoms with Crippen LogP contribution in [0.4, 0.5) is 0 Å². The minimum atomic E-state index is 0.566. The predicted octanol–water partition coefficient (Wildman–Crippen LogP) is 4.73. The van der Waals surface area contributed by atoms with E-state index in [1.165, 1.54) is 11.8 Å². The molecule has 0 spiro atoms. The molecule has 1 heterocycles. The van der Waals surface area contributed by atoms with Crippen LogP contribution in [0.5, 0.6) is 0 Å². The molecule has 0 radical (unpaired) electrons. The Bertz CT molecular complexity index is 955. The molecule has 3 rings (SSSR count). The molecule has 0 aliphatic rings. The lowest BCUT2D eigenvalue weighted by molar-refractivity contribution is 0.370. The molecule has 2 aromatic carbocycles. The Balaban J connectivity index is 2.07. The van der Waals surface area contributed by atoms with Crippen LogP contribution in [-0.4, -0.2) is 16.9 Å². The van der Waals surface area contributed by atoms with Crippen LogP contribution in [0.2, 0.25) is 0 Å². The number of ether oxygens (including phenoxy) is 1. The molecule has 4 nitrogen and oxygen atoms in total. The van der Waals surface area contributed by atoms with E-state index < -0.39 is 0 Å². The van der Waals surface area contributed by atoms with Gasteiger partial charge in [-0.05, 0) is 6.07 Å². The van der Waals surface area contributed by atoms with Crippen molar-refractivity contribution >= 4 is 17.5 Å². The summed E-state index contributed by atoms with van der Waals surface area (Å²) in [4.78, 5) is 0.966. The number of nitriles is 1. The first kappa shape index (κ1) is 16.9. The van der Waals surface area contributed by atoms with Crippen molar-refractivity contribution in [1.29, 1.82) is 5.26 Å².